The van der Waals surface area contributed by atoms with Gasteiger partial charge < -0.3 is 0 Å². The van der Waals surface area contributed by atoms with Crippen LogP contribution in [0.1, 0.15) is 12.0 Å². The Morgan fingerprint density at radius 3 is 3.00 bits per heavy atom. The molecular formula is C11H14Br2N2. The van der Waals surface area contributed by atoms with E-state index in [1.54, 1.807) is 0 Å². The molecule has 0 bridgehead atoms. The summed E-state index contributed by atoms with van der Waals surface area (Å²) in [6, 6.07) is 2.15. The van der Waals surface area contributed by atoms with Crippen molar-refractivity contribution in [3.8, 4) is 0 Å². The van der Waals surface area contributed by atoms with Crippen molar-refractivity contribution >= 4 is 31.9 Å². The maximum absolute atomic E-state index is 4.18. The molecule has 2 heterocycles. The molecule has 0 aliphatic carbocycles. The van der Waals surface area contributed by atoms with E-state index in [4.69, 9.17) is 0 Å². The quantitative estimate of drug-likeness (QED) is 0.790. The summed E-state index contributed by atoms with van der Waals surface area (Å²) in [5, 5.41) is 1.13. The molecule has 2 rings (SSSR count). The van der Waals surface area contributed by atoms with Crippen LogP contribution in [-0.4, -0.2) is 28.3 Å². The molecule has 1 aromatic rings. The van der Waals surface area contributed by atoms with Crippen LogP contribution in [-0.2, 0) is 6.54 Å². The van der Waals surface area contributed by atoms with Gasteiger partial charge in [-0.05, 0) is 46.4 Å². The molecule has 0 spiro atoms. The Bertz CT molecular complexity index is 330. The van der Waals surface area contributed by atoms with Crippen LogP contribution in [0, 0.1) is 5.92 Å². The summed E-state index contributed by atoms with van der Waals surface area (Å²) in [6.45, 7) is 3.44. The van der Waals surface area contributed by atoms with Gasteiger partial charge >= 0.3 is 0 Å². The van der Waals surface area contributed by atoms with Gasteiger partial charge in [0.15, 0.2) is 0 Å². The van der Waals surface area contributed by atoms with Crippen molar-refractivity contribution in [3.05, 3.63) is 28.5 Å². The first-order valence-corrected chi connectivity index (χ1v) is 7.07. The highest BCUT2D eigenvalue weighted by Crippen LogP contribution is 2.20. The minimum atomic E-state index is 0.824. The van der Waals surface area contributed by atoms with Gasteiger partial charge in [-0.15, -0.1) is 0 Å². The second kappa shape index (κ2) is 5.41. The molecule has 1 atom stereocenters. The van der Waals surface area contributed by atoms with Crippen molar-refractivity contribution in [2.24, 2.45) is 5.92 Å². The van der Waals surface area contributed by atoms with E-state index in [9.17, 15) is 0 Å². The molecule has 15 heavy (non-hydrogen) atoms. The van der Waals surface area contributed by atoms with E-state index in [1.807, 2.05) is 12.4 Å². The molecule has 1 unspecified atom stereocenters. The molecule has 0 amide bonds. The van der Waals surface area contributed by atoms with Gasteiger partial charge in [-0.3, -0.25) is 9.88 Å². The highest BCUT2D eigenvalue weighted by Gasteiger charge is 2.21. The molecule has 1 aliphatic heterocycles. The Morgan fingerprint density at radius 2 is 2.33 bits per heavy atom. The molecule has 0 saturated carbocycles. The van der Waals surface area contributed by atoms with Crippen molar-refractivity contribution < 1.29 is 0 Å². The van der Waals surface area contributed by atoms with Crippen LogP contribution in [0.5, 0.6) is 0 Å². The molecule has 0 radical (unpaired) electrons. The zero-order valence-electron chi connectivity index (χ0n) is 8.50. The number of alkyl halides is 1. The molecule has 1 saturated heterocycles. The molecule has 1 aliphatic rings. The van der Waals surface area contributed by atoms with E-state index in [0.29, 0.717) is 0 Å². The number of rotatable bonds is 3. The van der Waals surface area contributed by atoms with Crippen molar-refractivity contribution in [1.82, 2.24) is 9.88 Å². The predicted octanol–water partition coefficient (Wildman–Crippen LogP) is 3.06. The summed E-state index contributed by atoms with van der Waals surface area (Å²) in [5.74, 6) is 0.824. The highest BCUT2D eigenvalue weighted by atomic mass is 79.9. The second-order valence-corrected chi connectivity index (χ2v) is 5.62. The van der Waals surface area contributed by atoms with Crippen LogP contribution in [0.4, 0.5) is 0 Å². The second-order valence-electron chi connectivity index (χ2n) is 4.06. The van der Waals surface area contributed by atoms with Gasteiger partial charge in [-0.2, -0.15) is 0 Å². The average Bonchev–Trinajstić information content (AvgIpc) is 2.65. The van der Waals surface area contributed by atoms with Gasteiger partial charge in [-0.1, -0.05) is 15.9 Å². The molecule has 1 aromatic heterocycles. The Morgan fingerprint density at radius 1 is 1.47 bits per heavy atom. The minimum Gasteiger partial charge on any atom is -0.299 e. The Balaban J connectivity index is 1.92. The molecule has 82 valence electrons. The van der Waals surface area contributed by atoms with Gasteiger partial charge in [0.05, 0.1) is 0 Å². The van der Waals surface area contributed by atoms with E-state index >= 15 is 0 Å². The maximum Gasteiger partial charge on any atom is 0.0410 e. The lowest BCUT2D eigenvalue weighted by Crippen LogP contribution is -2.20. The largest absolute Gasteiger partial charge is 0.299 e. The third kappa shape index (κ3) is 3.26. The minimum absolute atomic E-state index is 0.824. The van der Waals surface area contributed by atoms with Crippen molar-refractivity contribution in [3.63, 3.8) is 0 Å². The number of aromatic nitrogens is 1. The molecule has 1 fully saturated rings. The van der Waals surface area contributed by atoms with Gasteiger partial charge in [-0.25, -0.2) is 0 Å². The first-order valence-electron chi connectivity index (χ1n) is 5.15. The van der Waals surface area contributed by atoms with Gasteiger partial charge in [0.25, 0.3) is 0 Å². The molecule has 0 N–H and O–H groups in total. The third-order valence-electron chi connectivity index (χ3n) is 2.76. The smallest absolute Gasteiger partial charge is 0.0410 e. The van der Waals surface area contributed by atoms with Crippen molar-refractivity contribution in [2.75, 3.05) is 18.4 Å². The summed E-state index contributed by atoms with van der Waals surface area (Å²) < 4.78 is 1.07. The van der Waals surface area contributed by atoms with E-state index in [0.717, 1.165) is 22.3 Å². The van der Waals surface area contributed by atoms with Crippen LogP contribution in [0.2, 0.25) is 0 Å². The fraction of sp³-hybridized carbons (Fsp3) is 0.545. The third-order valence-corrected chi connectivity index (χ3v) is 4.11. The van der Waals surface area contributed by atoms with E-state index in [2.05, 4.69) is 47.8 Å². The number of hydrogen-bond acceptors (Lipinski definition) is 2. The van der Waals surface area contributed by atoms with E-state index in [1.165, 1.54) is 25.1 Å². The topological polar surface area (TPSA) is 16.1 Å². The van der Waals surface area contributed by atoms with E-state index < -0.39 is 0 Å². The van der Waals surface area contributed by atoms with Crippen molar-refractivity contribution in [2.45, 2.75) is 13.0 Å². The predicted molar refractivity (Wildman–Crippen MR) is 69.1 cm³/mol. The number of pyridine rings is 1. The lowest BCUT2D eigenvalue weighted by atomic mass is 10.2. The van der Waals surface area contributed by atoms with E-state index in [-0.39, 0.29) is 0 Å². The number of likely N-dealkylation sites (tertiary alicyclic amines) is 1. The standard InChI is InChI=1S/C11H14Br2N2/c12-4-9-1-2-15(7-9)8-10-3-11(13)6-14-5-10/h3,5-6,9H,1-2,4,7-8H2. The lowest BCUT2D eigenvalue weighted by molar-refractivity contribution is 0.321. The summed E-state index contributed by atoms with van der Waals surface area (Å²) in [7, 11) is 0. The van der Waals surface area contributed by atoms with Crippen LogP contribution >= 0.6 is 31.9 Å². The summed E-state index contributed by atoms with van der Waals surface area (Å²) in [5.41, 5.74) is 1.29. The van der Waals surface area contributed by atoms with Crippen LogP contribution < -0.4 is 0 Å². The summed E-state index contributed by atoms with van der Waals surface area (Å²) >= 11 is 7.00. The van der Waals surface area contributed by atoms with Gasteiger partial charge in [0.1, 0.15) is 0 Å². The average molecular weight is 334 g/mol. The first kappa shape index (κ1) is 11.6. The maximum atomic E-state index is 4.18. The molecule has 4 heteroatoms. The Hall–Kier alpha value is 0.0700. The zero-order chi connectivity index (χ0) is 10.7. The van der Waals surface area contributed by atoms with Crippen LogP contribution in [0.25, 0.3) is 0 Å². The SMILES string of the molecule is BrCC1CCN(Cc2cncc(Br)c2)C1. The molecule has 0 aromatic carbocycles. The molecule has 2 nitrogen and oxygen atoms in total. The lowest BCUT2D eigenvalue weighted by Gasteiger charge is -2.15. The van der Waals surface area contributed by atoms with Crippen LogP contribution in [0.15, 0.2) is 22.9 Å². The normalized spacial score (nSPS) is 22.1. The fourth-order valence-corrected chi connectivity index (χ4v) is 2.92. The number of halogens is 2. The Kier molecular flexibility index (Phi) is 4.17. The van der Waals surface area contributed by atoms with Gasteiger partial charge in [0, 0.05) is 35.3 Å². The highest BCUT2D eigenvalue weighted by molar-refractivity contribution is 9.10. The van der Waals surface area contributed by atoms with Crippen LogP contribution in [0.3, 0.4) is 0 Å². The molecular weight excluding hydrogens is 320 g/mol. The monoisotopic (exact) mass is 332 g/mol. The number of hydrogen-bond donors (Lipinski definition) is 0. The van der Waals surface area contributed by atoms with Gasteiger partial charge in [0.2, 0.25) is 0 Å². The summed E-state index contributed by atoms with van der Waals surface area (Å²) in [6.07, 6.45) is 5.09. The number of nitrogens with zero attached hydrogens (tertiary/aromatic N) is 2. The first-order chi connectivity index (χ1) is 7.28. The summed E-state index contributed by atoms with van der Waals surface area (Å²) in [4.78, 5) is 6.68. The van der Waals surface area contributed by atoms with Crippen molar-refractivity contribution in [1.29, 1.82) is 0 Å². The zero-order valence-corrected chi connectivity index (χ0v) is 11.7. The Labute approximate surface area is 107 Å². The fourth-order valence-electron chi connectivity index (χ4n) is 1.98.